The Balaban J connectivity index is 1.43. The van der Waals surface area contributed by atoms with Crippen molar-refractivity contribution in [2.45, 2.75) is 44.8 Å². The van der Waals surface area contributed by atoms with E-state index in [-0.39, 0.29) is 0 Å². The van der Waals surface area contributed by atoms with Gasteiger partial charge < -0.3 is 4.74 Å². The van der Waals surface area contributed by atoms with Gasteiger partial charge >= 0.3 is 0 Å². The Kier molecular flexibility index (Phi) is 4.72. The van der Waals surface area contributed by atoms with Crippen LogP contribution in [0.3, 0.4) is 0 Å². The molecule has 25 heavy (non-hydrogen) atoms. The summed E-state index contributed by atoms with van der Waals surface area (Å²) in [4.78, 5) is 2.67. The van der Waals surface area contributed by atoms with Crippen LogP contribution in [-0.2, 0) is 19.4 Å². The highest BCUT2D eigenvalue weighted by Crippen LogP contribution is 2.28. The topological polar surface area (TPSA) is 36.3 Å². The van der Waals surface area contributed by atoms with Gasteiger partial charge in [-0.3, -0.25) is 4.90 Å². The highest BCUT2D eigenvalue weighted by Gasteiger charge is 2.26. The molecular weight excluding hydrogens is 308 g/mol. The molecule has 0 atom stereocenters. The first-order valence-corrected chi connectivity index (χ1v) is 9.30. The molecule has 0 unspecified atom stereocenters. The van der Waals surface area contributed by atoms with Gasteiger partial charge in [0.05, 0.1) is 11.6 Å². The molecule has 0 spiro atoms. The smallest absolute Gasteiger partial charge is 0.120 e. The predicted octanol–water partition coefficient (Wildman–Crippen LogP) is 4.09. The summed E-state index contributed by atoms with van der Waals surface area (Å²) >= 11 is 0. The number of hydrogen-bond acceptors (Lipinski definition) is 3. The van der Waals surface area contributed by atoms with Crippen molar-refractivity contribution in [2.24, 2.45) is 0 Å². The maximum atomic E-state index is 9.19. The summed E-state index contributed by atoms with van der Waals surface area (Å²) in [7, 11) is 0. The van der Waals surface area contributed by atoms with E-state index in [4.69, 9.17) is 4.74 Å². The lowest BCUT2D eigenvalue weighted by atomic mass is 9.91. The molecule has 0 radical (unpaired) electrons. The quantitative estimate of drug-likeness (QED) is 0.846. The van der Waals surface area contributed by atoms with Crippen LogP contribution in [0.2, 0.25) is 0 Å². The SMILES string of the molecule is N#Cc1ccccc1COc1ccc2c(c1)CCN(C1CCC1)CC2. The summed E-state index contributed by atoms with van der Waals surface area (Å²) < 4.78 is 5.98. The molecule has 0 saturated heterocycles. The molecule has 0 bridgehead atoms. The molecule has 1 fully saturated rings. The lowest BCUT2D eigenvalue weighted by molar-refractivity contribution is 0.133. The van der Waals surface area contributed by atoms with Crippen molar-refractivity contribution in [2.75, 3.05) is 13.1 Å². The molecular formula is C22H24N2O. The highest BCUT2D eigenvalue weighted by molar-refractivity contribution is 5.39. The Hall–Kier alpha value is -2.31. The number of ether oxygens (including phenoxy) is 1. The van der Waals surface area contributed by atoms with E-state index in [1.54, 1.807) is 0 Å². The van der Waals surface area contributed by atoms with Crippen molar-refractivity contribution in [3.05, 3.63) is 64.7 Å². The van der Waals surface area contributed by atoms with E-state index in [9.17, 15) is 5.26 Å². The normalized spacial score (nSPS) is 17.9. The maximum Gasteiger partial charge on any atom is 0.120 e. The van der Waals surface area contributed by atoms with Gasteiger partial charge in [-0.05, 0) is 55.0 Å². The van der Waals surface area contributed by atoms with Crippen LogP contribution in [0.4, 0.5) is 0 Å². The Morgan fingerprint density at radius 2 is 1.84 bits per heavy atom. The van der Waals surface area contributed by atoms with Gasteiger partial charge in [-0.1, -0.05) is 30.7 Å². The average Bonchev–Trinajstić information content (AvgIpc) is 2.81. The van der Waals surface area contributed by atoms with Crippen molar-refractivity contribution in [1.29, 1.82) is 5.26 Å². The molecule has 1 aliphatic heterocycles. The molecule has 1 heterocycles. The van der Waals surface area contributed by atoms with E-state index in [1.165, 1.54) is 43.5 Å². The fourth-order valence-electron chi connectivity index (χ4n) is 3.84. The number of fused-ring (bicyclic) bond motifs is 1. The van der Waals surface area contributed by atoms with Crippen LogP contribution >= 0.6 is 0 Å². The zero-order valence-corrected chi connectivity index (χ0v) is 14.6. The summed E-state index contributed by atoms with van der Waals surface area (Å²) in [6, 6.07) is 17.2. The first-order chi connectivity index (χ1) is 12.3. The van der Waals surface area contributed by atoms with E-state index < -0.39 is 0 Å². The molecule has 2 aromatic carbocycles. The number of rotatable bonds is 4. The molecule has 128 valence electrons. The number of nitrogens with zero attached hydrogens (tertiary/aromatic N) is 2. The van der Waals surface area contributed by atoms with Crippen molar-refractivity contribution in [3.63, 3.8) is 0 Å². The summed E-state index contributed by atoms with van der Waals surface area (Å²) in [6.07, 6.45) is 6.41. The molecule has 2 aliphatic rings. The zero-order chi connectivity index (χ0) is 17.1. The second-order valence-electron chi connectivity index (χ2n) is 7.11. The molecule has 1 aliphatic carbocycles. The summed E-state index contributed by atoms with van der Waals surface area (Å²) in [5.41, 5.74) is 4.52. The van der Waals surface area contributed by atoms with E-state index in [1.807, 2.05) is 24.3 Å². The van der Waals surface area contributed by atoms with Gasteiger partial charge in [0.15, 0.2) is 0 Å². The first kappa shape index (κ1) is 16.2. The minimum Gasteiger partial charge on any atom is -0.489 e. The van der Waals surface area contributed by atoms with Crippen LogP contribution in [0.5, 0.6) is 5.75 Å². The predicted molar refractivity (Wildman–Crippen MR) is 98.6 cm³/mol. The lowest BCUT2D eigenvalue weighted by Crippen LogP contribution is -2.41. The van der Waals surface area contributed by atoms with Gasteiger partial charge in [-0.25, -0.2) is 0 Å². The van der Waals surface area contributed by atoms with Crippen LogP contribution in [-0.4, -0.2) is 24.0 Å². The second-order valence-corrected chi connectivity index (χ2v) is 7.11. The van der Waals surface area contributed by atoms with Crippen LogP contribution in [0, 0.1) is 11.3 Å². The fraction of sp³-hybridized carbons (Fsp3) is 0.409. The lowest BCUT2D eigenvalue weighted by Gasteiger charge is -2.36. The van der Waals surface area contributed by atoms with Crippen molar-refractivity contribution in [1.82, 2.24) is 4.90 Å². The zero-order valence-electron chi connectivity index (χ0n) is 14.6. The molecule has 3 heteroatoms. The molecule has 3 nitrogen and oxygen atoms in total. The van der Waals surface area contributed by atoms with Gasteiger partial charge in [0, 0.05) is 24.7 Å². The van der Waals surface area contributed by atoms with E-state index >= 15 is 0 Å². The largest absolute Gasteiger partial charge is 0.489 e. The first-order valence-electron chi connectivity index (χ1n) is 9.30. The van der Waals surface area contributed by atoms with E-state index in [2.05, 4.69) is 29.2 Å². The third-order valence-electron chi connectivity index (χ3n) is 5.64. The Labute approximate surface area is 149 Å². The van der Waals surface area contributed by atoms with Gasteiger partial charge in [-0.2, -0.15) is 5.26 Å². The van der Waals surface area contributed by atoms with Gasteiger partial charge in [0.2, 0.25) is 0 Å². The van der Waals surface area contributed by atoms with Gasteiger partial charge in [-0.15, -0.1) is 0 Å². The average molecular weight is 332 g/mol. The van der Waals surface area contributed by atoms with Crippen LogP contribution in [0.25, 0.3) is 0 Å². The highest BCUT2D eigenvalue weighted by atomic mass is 16.5. The van der Waals surface area contributed by atoms with E-state index in [0.29, 0.717) is 12.2 Å². The fourth-order valence-corrected chi connectivity index (χ4v) is 3.84. The molecule has 4 rings (SSSR count). The summed E-state index contributed by atoms with van der Waals surface area (Å²) in [5.74, 6) is 0.906. The second kappa shape index (κ2) is 7.29. The molecule has 0 amide bonds. The van der Waals surface area contributed by atoms with Gasteiger partial charge in [0.25, 0.3) is 0 Å². The number of benzene rings is 2. The summed E-state index contributed by atoms with van der Waals surface area (Å²) in [5, 5.41) is 9.19. The minimum absolute atomic E-state index is 0.441. The standard InChI is InChI=1S/C22H24N2O/c23-15-19-4-1-2-5-20(19)16-25-22-9-8-17-10-12-24(21-6-3-7-21)13-11-18(17)14-22/h1-2,4-5,8-9,14,21H,3,6-7,10-13,16H2. The van der Waals surface area contributed by atoms with Crippen molar-refractivity contribution >= 4 is 0 Å². The molecule has 0 aromatic heterocycles. The Morgan fingerprint density at radius 1 is 1.04 bits per heavy atom. The summed E-state index contributed by atoms with van der Waals surface area (Å²) in [6.45, 7) is 2.79. The Morgan fingerprint density at radius 3 is 2.60 bits per heavy atom. The number of hydrogen-bond donors (Lipinski definition) is 0. The van der Waals surface area contributed by atoms with Crippen LogP contribution in [0.15, 0.2) is 42.5 Å². The molecule has 1 saturated carbocycles. The van der Waals surface area contributed by atoms with Crippen LogP contribution in [0.1, 0.15) is 41.5 Å². The third-order valence-corrected chi connectivity index (χ3v) is 5.64. The number of nitriles is 1. The Bertz CT molecular complexity index is 789. The van der Waals surface area contributed by atoms with Crippen LogP contribution < -0.4 is 4.74 Å². The monoisotopic (exact) mass is 332 g/mol. The van der Waals surface area contributed by atoms with Crippen molar-refractivity contribution < 1.29 is 4.74 Å². The molecule has 0 N–H and O–H groups in total. The van der Waals surface area contributed by atoms with E-state index in [0.717, 1.165) is 30.2 Å². The molecule has 2 aromatic rings. The van der Waals surface area contributed by atoms with Gasteiger partial charge in [0.1, 0.15) is 12.4 Å². The van der Waals surface area contributed by atoms with Crippen molar-refractivity contribution in [3.8, 4) is 11.8 Å². The maximum absolute atomic E-state index is 9.19. The third kappa shape index (κ3) is 3.55. The minimum atomic E-state index is 0.441.